The lowest BCUT2D eigenvalue weighted by atomic mass is 10.1. The SMILES string of the molecule is Cc1cc(NC(=O)COC(=O)CCCC(=O)Nc2ccc(Oc3ccc(Cl)cc3)cc2)c(C)cc1Br. The van der Waals surface area contributed by atoms with Gasteiger partial charge in [0.2, 0.25) is 5.91 Å². The number of hydrogen-bond acceptors (Lipinski definition) is 5. The van der Waals surface area contributed by atoms with Crippen molar-refractivity contribution >= 4 is 56.7 Å². The Kier molecular flexibility index (Phi) is 9.90. The Hall–Kier alpha value is -3.36. The average molecular weight is 574 g/mol. The minimum Gasteiger partial charge on any atom is -0.457 e. The molecule has 0 radical (unpaired) electrons. The van der Waals surface area contributed by atoms with Crippen LogP contribution in [-0.2, 0) is 19.1 Å². The third-order valence-electron chi connectivity index (χ3n) is 5.12. The van der Waals surface area contributed by atoms with Gasteiger partial charge in [-0.2, -0.15) is 0 Å². The van der Waals surface area contributed by atoms with E-state index >= 15 is 0 Å². The zero-order valence-electron chi connectivity index (χ0n) is 19.9. The standard InChI is InChI=1S/C27H26BrClN2O5/c1-17-15-24(18(2)14-23(17)28)31-26(33)16-35-27(34)5-3-4-25(32)30-20-8-12-22(13-9-20)36-21-10-6-19(29)7-11-21/h6-15H,3-5,16H2,1-2H3,(H,30,32)(H,31,33). The molecule has 0 bridgehead atoms. The number of anilines is 2. The predicted octanol–water partition coefficient (Wildman–Crippen LogP) is 6.80. The van der Waals surface area contributed by atoms with Crippen LogP contribution in [0.15, 0.2) is 65.1 Å². The van der Waals surface area contributed by atoms with Gasteiger partial charge in [0.05, 0.1) is 0 Å². The van der Waals surface area contributed by atoms with Gasteiger partial charge in [-0.25, -0.2) is 0 Å². The van der Waals surface area contributed by atoms with E-state index < -0.39 is 11.9 Å². The maximum Gasteiger partial charge on any atom is 0.306 e. The summed E-state index contributed by atoms with van der Waals surface area (Å²) in [5.41, 5.74) is 3.15. The molecule has 0 aliphatic rings. The Morgan fingerprint density at radius 2 is 1.47 bits per heavy atom. The summed E-state index contributed by atoms with van der Waals surface area (Å²) in [4.78, 5) is 36.2. The fraction of sp³-hybridized carbons (Fsp3) is 0.222. The topological polar surface area (TPSA) is 93.7 Å². The number of benzene rings is 3. The van der Waals surface area contributed by atoms with E-state index in [1.165, 1.54) is 0 Å². The average Bonchev–Trinajstić information content (AvgIpc) is 2.84. The molecule has 0 saturated carbocycles. The molecule has 3 rings (SSSR count). The Morgan fingerprint density at radius 3 is 2.14 bits per heavy atom. The molecule has 0 spiro atoms. The Balaban J connectivity index is 1.34. The number of esters is 1. The van der Waals surface area contributed by atoms with Gasteiger partial charge >= 0.3 is 5.97 Å². The second kappa shape index (κ2) is 13.1. The molecule has 36 heavy (non-hydrogen) atoms. The Bertz CT molecular complexity index is 1230. The number of carbonyl (C=O) groups excluding carboxylic acids is 3. The summed E-state index contributed by atoms with van der Waals surface area (Å²) >= 11 is 9.31. The van der Waals surface area contributed by atoms with E-state index in [-0.39, 0.29) is 25.4 Å². The number of rotatable bonds is 10. The molecule has 0 atom stereocenters. The number of nitrogens with one attached hydrogen (secondary N) is 2. The quantitative estimate of drug-likeness (QED) is 0.260. The van der Waals surface area contributed by atoms with E-state index in [1.807, 2.05) is 26.0 Å². The molecule has 2 N–H and O–H groups in total. The van der Waals surface area contributed by atoms with Gasteiger partial charge in [0, 0.05) is 33.7 Å². The van der Waals surface area contributed by atoms with Crippen molar-refractivity contribution < 1.29 is 23.9 Å². The molecule has 0 saturated heterocycles. The number of ether oxygens (including phenoxy) is 2. The van der Waals surface area contributed by atoms with E-state index in [0.29, 0.717) is 34.3 Å². The second-order valence-corrected chi connectivity index (χ2v) is 9.40. The van der Waals surface area contributed by atoms with Crippen molar-refractivity contribution in [2.24, 2.45) is 0 Å². The van der Waals surface area contributed by atoms with Crippen LogP contribution in [-0.4, -0.2) is 24.4 Å². The molecule has 188 valence electrons. The summed E-state index contributed by atoms with van der Waals surface area (Å²) in [6, 6.07) is 17.7. The normalized spacial score (nSPS) is 10.4. The summed E-state index contributed by atoms with van der Waals surface area (Å²) in [6.07, 6.45) is 0.474. The molecule has 3 aromatic rings. The summed E-state index contributed by atoms with van der Waals surface area (Å²) in [7, 11) is 0. The van der Waals surface area contributed by atoms with Crippen LogP contribution >= 0.6 is 27.5 Å². The number of halogens is 2. The summed E-state index contributed by atoms with van der Waals surface area (Å²) in [6.45, 7) is 3.41. The molecule has 2 amide bonds. The first-order chi connectivity index (χ1) is 17.2. The first-order valence-corrected chi connectivity index (χ1v) is 12.4. The van der Waals surface area contributed by atoms with Crippen LogP contribution in [0.5, 0.6) is 11.5 Å². The first kappa shape index (κ1) is 27.2. The van der Waals surface area contributed by atoms with Crippen molar-refractivity contribution in [3.8, 4) is 11.5 Å². The van der Waals surface area contributed by atoms with Crippen LogP contribution < -0.4 is 15.4 Å². The molecule has 3 aromatic carbocycles. The maximum atomic E-state index is 12.2. The maximum absolute atomic E-state index is 12.2. The van der Waals surface area contributed by atoms with Gasteiger partial charge in [0.25, 0.3) is 5.91 Å². The Labute approximate surface area is 223 Å². The van der Waals surface area contributed by atoms with Crippen LogP contribution in [0.2, 0.25) is 5.02 Å². The van der Waals surface area contributed by atoms with Gasteiger partial charge < -0.3 is 20.1 Å². The highest BCUT2D eigenvalue weighted by molar-refractivity contribution is 9.10. The highest BCUT2D eigenvalue weighted by Crippen LogP contribution is 2.25. The van der Waals surface area contributed by atoms with Gasteiger partial charge in [-0.1, -0.05) is 27.5 Å². The van der Waals surface area contributed by atoms with Gasteiger partial charge in [-0.3, -0.25) is 14.4 Å². The third-order valence-corrected chi connectivity index (χ3v) is 6.22. The van der Waals surface area contributed by atoms with Crippen LogP contribution in [0.1, 0.15) is 30.4 Å². The van der Waals surface area contributed by atoms with E-state index in [9.17, 15) is 14.4 Å². The van der Waals surface area contributed by atoms with Gasteiger partial charge in [-0.05, 0) is 92.1 Å². The molecular weight excluding hydrogens is 548 g/mol. The monoisotopic (exact) mass is 572 g/mol. The number of amides is 2. The fourth-order valence-corrected chi connectivity index (χ4v) is 3.77. The molecular formula is C27H26BrClN2O5. The summed E-state index contributed by atoms with van der Waals surface area (Å²) in [5.74, 6) is 0.0828. The highest BCUT2D eigenvalue weighted by atomic mass is 79.9. The molecule has 9 heteroatoms. The molecule has 0 fully saturated rings. The lowest BCUT2D eigenvalue weighted by Gasteiger charge is -2.11. The van der Waals surface area contributed by atoms with Crippen LogP contribution in [0, 0.1) is 13.8 Å². The van der Waals surface area contributed by atoms with Crippen LogP contribution in [0.25, 0.3) is 0 Å². The highest BCUT2D eigenvalue weighted by Gasteiger charge is 2.11. The summed E-state index contributed by atoms with van der Waals surface area (Å²) < 4.78 is 11.7. The van der Waals surface area contributed by atoms with E-state index in [4.69, 9.17) is 21.1 Å². The molecule has 0 aromatic heterocycles. The van der Waals surface area contributed by atoms with Crippen molar-refractivity contribution in [1.82, 2.24) is 0 Å². The van der Waals surface area contributed by atoms with Gasteiger partial charge in [0.1, 0.15) is 11.5 Å². The lowest BCUT2D eigenvalue weighted by molar-refractivity contribution is -0.147. The lowest BCUT2D eigenvalue weighted by Crippen LogP contribution is -2.21. The van der Waals surface area contributed by atoms with Gasteiger partial charge in [-0.15, -0.1) is 0 Å². The van der Waals surface area contributed by atoms with Crippen LogP contribution in [0.4, 0.5) is 11.4 Å². The minimum atomic E-state index is -0.537. The fourth-order valence-electron chi connectivity index (χ4n) is 3.18. The van der Waals surface area contributed by atoms with Crippen molar-refractivity contribution in [3.63, 3.8) is 0 Å². The predicted molar refractivity (Wildman–Crippen MR) is 144 cm³/mol. The van der Waals surface area contributed by atoms with Crippen molar-refractivity contribution in [3.05, 3.63) is 81.3 Å². The Morgan fingerprint density at radius 1 is 0.833 bits per heavy atom. The smallest absolute Gasteiger partial charge is 0.306 e. The molecule has 7 nitrogen and oxygen atoms in total. The van der Waals surface area contributed by atoms with E-state index in [2.05, 4.69) is 26.6 Å². The van der Waals surface area contributed by atoms with Crippen LogP contribution in [0.3, 0.4) is 0 Å². The molecule has 0 aliphatic heterocycles. The largest absolute Gasteiger partial charge is 0.457 e. The van der Waals surface area contributed by atoms with Crippen molar-refractivity contribution in [2.45, 2.75) is 33.1 Å². The zero-order valence-corrected chi connectivity index (χ0v) is 22.2. The van der Waals surface area contributed by atoms with E-state index in [1.54, 1.807) is 48.5 Å². The van der Waals surface area contributed by atoms with Gasteiger partial charge in [0.15, 0.2) is 6.61 Å². The molecule has 0 heterocycles. The second-order valence-electron chi connectivity index (χ2n) is 8.11. The third kappa shape index (κ3) is 8.70. The minimum absolute atomic E-state index is 0.0327. The van der Waals surface area contributed by atoms with E-state index in [0.717, 1.165) is 15.6 Å². The number of aryl methyl sites for hydroxylation is 2. The summed E-state index contributed by atoms with van der Waals surface area (Å²) in [5, 5.41) is 6.14. The molecule has 0 aliphatic carbocycles. The number of hydrogen-bond donors (Lipinski definition) is 2. The zero-order chi connectivity index (χ0) is 26.1. The van der Waals surface area contributed by atoms with Crippen molar-refractivity contribution in [2.75, 3.05) is 17.2 Å². The molecule has 0 unspecified atom stereocenters. The first-order valence-electron chi connectivity index (χ1n) is 11.2. The number of carbonyl (C=O) groups is 3. The van der Waals surface area contributed by atoms with Crippen molar-refractivity contribution in [1.29, 1.82) is 0 Å².